The van der Waals surface area contributed by atoms with Gasteiger partial charge in [-0.1, -0.05) is 18.6 Å². The zero-order valence-corrected chi connectivity index (χ0v) is 11.8. The van der Waals surface area contributed by atoms with Gasteiger partial charge in [-0.25, -0.2) is 0 Å². The van der Waals surface area contributed by atoms with Crippen LogP contribution in [0.15, 0.2) is 24.3 Å². The summed E-state index contributed by atoms with van der Waals surface area (Å²) in [4.78, 5) is 2.45. The number of hydrogen-bond acceptors (Lipinski definition) is 3. The topological polar surface area (TPSA) is 53.0 Å². The number of rotatable bonds is 4. The van der Waals surface area contributed by atoms with Crippen LogP contribution in [0.25, 0.3) is 0 Å². The highest BCUT2D eigenvalue weighted by molar-refractivity contribution is 5.32. The molecule has 3 atom stereocenters. The third-order valence-electron chi connectivity index (χ3n) is 4.58. The molecule has 19 heavy (non-hydrogen) atoms. The summed E-state index contributed by atoms with van der Waals surface area (Å²) in [6, 6.07) is 11.0. The first kappa shape index (κ1) is 14.0. The number of hydrogen-bond donors (Lipinski definition) is 1. The number of nitrogens with zero attached hydrogens (tertiary/aromatic N) is 2. The summed E-state index contributed by atoms with van der Waals surface area (Å²) in [6.45, 7) is 3.02. The molecule has 1 aromatic carbocycles. The molecule has 0 aromatic heterocycles. The standard InChI is InChI=1S/C16H23N3/c1-12(14-8-6-13(10-17)7-9-14)19(2)16-5-3-4-15(16)11-18/h6-9,12,15-16H,3-5,11,18H2,1-2H3. The van der Waals surface area contributed by atoms with Gasteiger partial charge < -0.3 is 5.73 Å². The molecule has 0 spiro atoms. The Morgan fingerprint density at radius 1 is 1.37 bits per heavy atom. The number of benzene rings is 1. The monoisotopic (exact) mass is 257 g/mol. The van der Waals surface area contributed by atoms with E-state index in [4.69, 9.17) is 11.0 Å². The lowest BCUT2D eigenvalue weighted by Gasteiger charge is -2.34. The largest absolute Gasteiger partial charge is 0.330 e. The second-order valence-corrected chi connectivity index (χ2v) is 5.57. The second kappa shape index (κ2) is 6.18. The molecule has 0 radical (unpaired) electrons. The van der Waals surface area contributed by atoms with Crippen LogP contribution in [0, 0.1) is 17.2 Å². The molecule has 2 rings (SSSR count). The highest BCUT2D eigenvalue weighted by Crippen LogP contribution is 2.33. The fourth-order valence-corrected chi connectivity index (χ4v) is 3.19. The first-order chi connectivity index (χ1) is 9.17. The van der Waals surface area contributed by atoms with Gasteiger partial charge in [0.15, 0.2) is 0 Å². The van der Waals surface area contributed by atoms with Gasteiger partial charge in [0.25, 0.3) is 0 Å². The fourth-order valence-electron chi connectivity index (χ4n) is 3.19. The molecule has 2 N–H and O–H groups in total. The van der Waals surface area contributed by atoms with Crippen molar-refractivity contribution in [2.24, 2.45) is 11.7 Å². The van der Waals surface area contributed by atoms with Gasteiger partial charge in [0.05, 0.1) is 11.6 Å². The van der Waals surface area contributed by atoms with Crippen molar-refractivity contribution < 1.29 is 0 Å². The van der Waals surface area contributed by atoms with E-state index in [-0.39, 0.29) is 0 Å². The second-order valence-electron chi connectivity index (χ2n) is 5.57. The molecule has 0 bridgehead atoms. The van der Waals surface area contributed by atoms with Gasteiger partial charge in [-0.3, -0.25) is 4.90 Å². The van der Waals surface area contributed by atoms with Crippen LogP contribution in [0.2, 0.25) is 0 Å². The Bertz CT molecular complexity index is 446. The molecule has 1 fully saturated rings. The van der Waals surface area contributed by atoms with Crippen molar-refractivity contribution in [2.45, 2.75) is 38.3 Å². The van der Waals surface area contributed by atoms with Gasteiger partial charge in [-0.2, -0.15) is 5.26 Å². The summed E-state index contributed by atoms with van der Waals surface area (Å²) in [5.74, 6) is 0.630. The van der Waals surface area contributed by atoms with Crippen LogP contribution in [0.1, 0.15) is 43.4 Å². The van der Waals surface area contributed by atoms with E-state index in [9.17, 15) is 0 Å². The van der Waals surface area contributed by atoms with Crippen LogP contribution in [0.4, 0.5) is 0 Å². The van der Waals surface area contributed by atoms with Crippen molar-refractivity contribution in [1.82, 2.24) is 4.90 Å². The Kier molecular flexibility index (Phi) is 4.57. The summed E-state index contributed by atoms with van der Waals surface area (Å²) < 4.78 is 0. The maximum atomic E-state index is 8.84. The minimum Gasteiger partial charge on any atom is -0.330 e. The SMILES string of the molecule is CC(c1ccc(C#N)cc1)N(C)C1CCCC1CN. The smallest absolute Gasteiger partial charge is 0.0991 e. The number of nitrogens with two attached hydrogens (primary N) is 1. The van der Waals surface area contributed by atoms with E-state index in [1.165, 1.54) is 24.8 Å². The Balaban J connectivity index is 2.09. The molecule has 1 aromatic rings. The average molecular weight is 257 g/mol. The van der Waals surface area contributed by atoms with Crippen molar-refractivity contribution in [3.05, 3.63) is 35.4 Å². The van der Waals surface area contributed by atoms with Crippen LogP contribution in [0.5, 0.6) is 0 Å². The zero-order valence-electron chi connectivity index (χ0n) is 11.8. The van der Waals surface area contributed by atoms with Crippen LogP contribution in [-0.2, 0) is 0 Å². The lowest BCUT2D eigenvalue weighted by molar-refractivity contribution is 0.152. The van der Waals surface area contributed by atoms with Crippen molar-refractivity contribution in [2.75, 3.05) is 13.6 Å². The normalized spacial score (nSPS) is 24.4. The number of nitriles is 1. The third kappa shape index (κ3) is 2.97. The van der Waals surface area contributed by atoms with E-state index >= 15 is 0 Å². The molecule has 0 aliphatic heterocycles. The van der Waals surface area contributed by atoms with Crippen molar-refractivity contribution in [1.29, 1.82) is 5.26 Å². The molecule has 1 aliphatic carbocycles. The molecular formula is C16H23N3. The molecule has 0 amide bonds. The minimum absolute atomic E-state index is 0.366. The zero-order chi connectivity index (χ0) is 13.8. The highest BCUT2D eigenvalue weighted by Gasteiger charge is 2.31. The van der Waals surface area contributed by atoms with Crippen molar-refractivity contribution in [3.8, 4) is 6.07 Å². The van der Waals surface area contributed by atoms with Gasteiger partial charge in [0.2, 0.25) is 0 Å². The molecule has 1 saturated carbocycles. The van der Waals surface area contributed by atoms with Gasteiger partial charge in [-0.05, 0) is 57.0 Å². The Morgan fingerprint density at radius 3 is 2.63 bits per heavy atom. The maximum absolute atomic E-state index is 8.84. The molecular weight excluding hydrogens is 234 g/mol. The summed E-state index contributed by atoms with van der Waals surface area (Å²) in [6.07, 6.45) is 3.79. The highest BCUT2D eigenvalue weighted by atomic mass is 15.2. The summed E-state index contributed by atoms with van der Waals surface area (Å²) in [7, 11) is 2.20. The molecule has 1 aliphatic rings. The maximum Gasteiger partial charge on any atom is 0.0991 e. The average Bonchev–Trinajstić information content (AvgIpc) is 2.94. The van der Waals surface area contributed by atoms with E-state index in [0.29, 0.717) is 18.0 Å². The van der Waals surface area contributed by atoms with Gasteiger partial charge in [0, 0.05) is 12.1 Å². The van der Waals surface area contributed by atoms with E-state index in [1.807, 2.05) is 12.1 Å². The van der Waals surface area contributed by atoms with E-state index in [1.54, 1.807) is 0 Å². The molecule has 3 heteroatoms. The third-order valence-corrected chi connectivity index (χ3v) is 4.58. The predicted octanol–water partition coefficient (Wildman–Crippen LogP) is 2.68. The lowest BCUT2D eigenvalue weighted by atomic mass is 9.98. The summed E-state index contributed by atoms with van der Waals surface area (Å²) >= 11 is 0. The molecule has 0 heterocycles. The Morgan fingerprint density at radius 2 is 2.05 bits per heavy atom. The lowest BCUT2D eigenvalue weighted by Crippen LogP contribution is -2.39. The molecule has 102 valence electrons. The first-order valence-electron chi connectivity index (χ1n) is 7.09. The molecule has 3 nitrogen and oxygen atoms in total. The summed E-state index contributed by atoms with van der Waals surface area (Å²) in [5.41, 5.74) is 7.87. The van der Waals surface area contributed by atoms with E-state index in [2.05, 4.69) is 37.1 Å². The van der Waals surface area contributed by atoms with Gasteiger partial charge >= 0.3 is 0 Å². The first-order valence-corrected chi connectivity index (χ1v) is 7.09. The summed E-state index contributed by atoms with van der Waals surface area (Å²) in [5, 5.41) is 8.84. The van der Waals surface area contributed by atoms with Crippen LogP contribution in [-0.4, -0.2) is 24.5 Å². The van der Waals surface area contributed by atoms with Gasteiger partial charge in [-0.15, -0.1) is 0 Å². The minimum atomic E-state index is 0.366. The van der Waals surface area contributed by atoms with Crippen LogP contribution < -0.4 is 5.73 Å². The molecule has 3 unspecified atom stereocenters. The van der Waals surface area contributed by atoms with Gasteiger partial charge in [0.1, 0.15) is 0 Å². The van der Waals surface area contributed by atoms with Crippen molar-refractivity contribution >= 4 is 0 Å². The van der Waals surface area contributed by atoms with Crippen LogP contribution >= 0.6 is 0 Å². The molecule has 0 saturated heterocycles. The van der Waals surface area contributed by atoms with E-state index in [0.717, 1.165) is 12.1 Å². The van der Waals surface area contributed by atoms with Crippen LogP contribution in [0.3, 0.4) is 0 Å². The van der Waals surface area contributed by atoms with Crippen molar-refractivity contribution in [3.63, 3.8) is 0 Å². The predicted molar refractivity (Wildman–Crippen MR) is 77.5 cm³/mol. The van der Waals surface area contributed by atoms with E-state index < -0.39 is 0 Å². The quantitative estimate of drug-likeness (QED) is 0.902. The Labute approximate surface area is 116 Å². The Hall–Kier alpha value is -1.37. The fraction of sp³-hybridized carbons (Fsp3) is 0.562.